The molecule has 1 saturated carbocycles. The van der Waals surface area contributed by atoms with Crippen molar-refractivity contribution in [1.82, 2.24) is 4.90 Å². The smallest absolute Gasteiger partial charge is 0.410 e. The van der Waals surface area contributed by atoms with Crippen LogP contribution in [0.1, 0.15) is 52.9 Å². The zero-order valence-electron chi connectivity index (χ0n) is 13.6. The minimum atomic E-state index is -0.464. The van der Waals surface area contributed by atoms with Crippen LogP contribution in [0.15, 0.2) is 0 Å². The van der Waals surface area contributed by atoms with Gasteiger partial charge in [-0.3, -0.25) is 4.79 Å². The molecular formula is C16H27NO4. The molecule has 1 saturated heterocycles. The molecule has 1 heterocycles. The summed E-state index contributed by atoms with van der Waals surface area (Å²) in [6.45, 7) is 7.07. The van der Waals surface area contributed by atoms with Crippen LogP contribution in [-0.4, -0.2) is 42.8 Å². The number of esters is 1. The molecule has 2 aliphatic rings. The Hall–Kier alpha value is -1.26. The van der Waals surface area contributed by atoms with E-state index >= 15 is 0 Å². The van der Waals surface area contributed by atoms with E-state index in [2.05, 4.69) is 0 Å². The van der Waals surface area contributed by atoms with Crippen LogP contribution in [0.4, 0.5) is 4.79 Å². The summed E-state index contributed by atoms with van der Waals surface area (Å²) in [5, 5.41) is 0. The van der Waals surface area contributed by atoms with E-state index < -0.39 is 5.60 Å². The first kappa shape index (κ1) is 16.1. The van der Waals surface area contributed by atoms with Crippen LogP contribution >= 0.6 is 0 Å². The number of ether oxygens (including phenoxy) is 2. The van der Waals surface area contributed by atoms with Crippen molar-refractivity contribution in [2.75, 3.05) is 20.2 Å². The molecular weight excluding hydrogens is 270 g/mol. The van der Waals surface area contributed by atoms with Gasteiger partial charge in [0.15, 0.2) is 0 Å². The fraction of sp³-hybridized carbons (Fsp3) is 0.875. The molecule has 1 amide bonds. The first-order chi connectivity index (χ1) is 9.75. The highest BCUT2D eigenvalue weighted by Crippen LogP contribution is 2.46. The van der Waals surface area contributed by atoms with Crippen molar-refractivity contribution in [2.45, 2.75) is 58.5 Å². The summed E-state index contributed by atoms with van der Waals surface area (Å²) in [6, 6.07) is 0. The van der Waals surface area contributed by atoms with E-state index in [-0.39, 0.29) is 23.4 Å². The predicted octanol–water partition coefficient (Wildman–Crippen LogP) is 2.98. The molecule has 2 unspecified atom stereocenters. The summed E-state index contributed by atoms with van der Waals surface area (Å²) in [7, 11) is 1.45. The maximum absolute atomic E-state index is 12.2. The molecule has 1 spiro atoms. The molecule has 0 bridgehead atoms. The first-order valence-corrected chi connectivity index (χ1v) is 7.80. The highest BCUT2D eigenvalue weighted by molar-refractivity contribution is 5.72. The number of hydrogen-bond donors (Lipinski definition) is 0. The summed E-state index contributed by atoms with van der Waals surface area (Å²) < 4.78 is 10.3. The third kappa shape index (κ3) is 3.89. The van der Waals surface area contributed by atoms with Crippen LogP contribution in [0.25, 0.3) is 0 Å². The summed E-state index contributed by atoms with van der Waals surface area (Å²) in [6.07, 6.45) is 4.57. The fourth-order valence-corrected chi connectivity index (χ4v) is 3.61. The summed E-state index contributed by atoms with van der Waals surface area (Å²) >= 11 is 0. The standard InChI is InChI=1S/C16H27NO4/c1-15(2,3)21-14(19)17-9-8-16(11-17)7-5-6-12(10-16)13(18)20-4/h12H,5-11H2,1-4H3. The number of methoxy groups -OCH3 is 1. The number of nitrogens with zero attached hydrogens (tertiary/aromatic N) is 1. The lowest BCUT2D eigenvalue weighted by molar-refractivity contribution is -0.148. The lowest BCUT2D eigenvalue weighted by Crippen LogP contribution is -2.39. The van der Waals surface area contributed by atoms with E-state index in [1.165, 1.54) is 7.11 Å². The molecule has 0 aromatic heterocycles. The molecule has 21 heavy (non-hydrogen) atoms. The molecule has 0 N–H and O–H groups in total. The van der Waals surface area contributed by atoms with E-state index in [9.17, 15) is 9.59 Å². The quantitative estimate of drug-likeness (QED) is 0.698. The number of rotatable bonds is 1. The highest BCUT2D eigenvalue weighted by Gasteiger charge is 2.45. The second-order valence-electron chi connectivity index (χ2n) is 7.47. The second kappa shape index (κ2) is 5.85. The topological polar surface area (TPSA) is 55.8 Å². The first-order valence-electron chi connectivity index (χ1n) is 7.80. The van der Waals surface area contributed by atoms with Gasteiger partial charge < -0.3 is 14.4 Å². The van der Waals surface area contributed by atoms with Gasteiger partial charge in [0.25, 0.3) is 0 Å². The van der Waals surface area contributed by atoms with E-state index in [0.717, 1.165) is 38.6 Å². The number of carbonyl (C=O) groups excluding carboxylic acids is 2. The molecule has 2 rings (SSSR count). The average molecular weight is 297 g/mol. The van der Waals surface area contributed by atoms with Gasteiger partial charge in [-0.2, -0.15) is 0 Å². The van der Waals surface area contributed by atoms with Gasteiger partial charge in [0.2, 0.25) is 0 Å². The zero-order chi connectivity index (χ0) is 15.7. The van der Waals surface area contributed by atoms with Crippen LogP contribution in [-0.2, 0) is 14.3 Å². The Morgan fingerprint density at radius 1 is 1.24 bits per heavy atom. The van der Waals surface area contributed by atoms with E-state index in [4.69, 9.17) is 9.47 Å². The molecule has 5 heteroatoms. The maximum Gasteiger partial charge on any atom is 0.410 e. The van der Waals surface area contributed by atoms with Crippen molar-refractivity contribution in [1.29, 1.82) is 0 Å². The van der Waals surface area contributed by atoms with Crippen LogP contribution in [0.3, 0.4) is 0 Å². The molecule has 0 aromatic carbocycles. The summed E-state index contributed by atoms with van der Waals surface area (Å²) in [4.78, 5) is 25.7. The van der Waals surface area contributed by atoms with Crippen molar-refractivity contribution >= 4 is 12.1 Å². The molecule has 1 aliphatic heterocycles. The minimum absolute atomic E-state index is 0.0117. The lowest BCUT2D eigenvalue weighted by Gasteiger charge is -2.36. The molecule has 5 nitrogen and oxygen atoms in total. The van der Waals surface area contributed by atoms with Crippen molar-refractivity contribution in [3.8, 4) is 0 Å². The number of carbonyl (C=O) groups is 2. The molecule has 0 radical (unpaired) electrons. The Kier molecular flexibility index (Phi) is 4.49. The van der Waals surface area contributed by atoms with Gasteiger partial charge in [0.1, 0.15) is 5.60 Å². The van der Waals surface area contributed by atoms with Crippen molar-refractivity contribution in [3.05, 3.63) is 0 Å². The maximum atomic E-state index is 12.2. The van der Waals surface area contributed by atoms with E-state index in [1.807, 2.05) is 20.8 Å². The van der Waals surface area contributed by atoms with E-state index in [1.54, 1.807) is 4.90 Å². The minimum Gasteiger partial charge on any atom is -0.469 e. The summed E-state index contributed by atoms with van der Waals surface area (Å²) in [5.74, 6) is -0.118. The van der Waals surface area contributed by atoms with Crippen molar-refractivity contribution < 1.29 is 19.1 Å². The lowest BCUT2D eigenvalue weighted by atomic mass is 9.69. The van der Waals surface area contributed by atoms with E-state index in [0.29, 0.717) is 6.54 Å². The van der Waals surface area contributed by atoms with Crippen molar-refractivity contribution in [2.24, 2.45) is 11.3 Å². The van der Waals surface area contributed by atoms with Gasteiger partial charge in [-0.1, -0.05) is 6.42 Å². The molecule has 0 aromatic rings. The number of amides is 1. The average Bonchev–Trinajstić information content (AvgIpc) is 2.80. The van der Waals surface area contributed by atoms with Crippen LogP contribution < -0.4 is 0 Å². The second-order valence-corrected chi connectivity index (χ2v) is 7.47. The highest BCUT2D eigenvalue weighted by atomic mass is 16.6. The molecule has 2 atom stereocenters. The molecule has 2 fully saturated rings. The number of hydrogen-bond acceptors (Lipinski definition) is 4. The zero-order valence-corrected chi connectivity index (χ0v) is 13.6. The van der Waals surface area contributed by atoms with Crippen molar-refractivity contribution in [3.63, 3.8) is 0 Å². The fourth-order valence-electron chi connectivity index (χ4n) is 3.61. The van der Waals surface area contributed by atoms with Gasteiger partial charge in [-0.15, -0.1) is 0 Å². The Bertz CT molecular complexity index is 415. The Labute approximate surface area is 127 Å². The molecule has 120 valence electrons. The van der Waals surface area contributed by atoms with Crippen LogP contribution in [0, 0.1) is 11.3 Å². The third-order valence-corrected chi connectivity index (χ3v) is 4.56. The van der Waals surface area contributed by atoms with Gasteiger partial charge >= 0.3 is 12.1 Å². The molecule has 1 aliphatic carbocycles. The van der Waals surface area contributed by atoms with Gasteiger partial charge in [0, 0.05) is 13.1 Å². The van der Waals surface area contributed by atoms with Crippen LogP contribution in [0.5, 0.6) is 0 Å². The Balaban J connectivity index is 1.97. The monoisotopic (exact) mass is 297 g/mol. The van der Waals surface area contributed by atoms with Gasteiger partial charge in [0.05, 0.1) is 13.0 Å². The SMILES string of the molecule is COC(=O)C1CCCC2(CCN(C(=O)OC(C)(C)C)C2)C1. The normalized spacial score (nSPS) is 29.5. The largest absolute Gasteiger partial charge is 0.469 e. The Morgan fingerprint density at radius 3 is 2.57 bits per heavy atom. The summed E-state index contributed by atoms with van der Waals surface area (Å²) in [5.41, 5.74) is -0.387. The predicted molar refractivity (Wildman–Crippen MR) is 78.8 cm³/mol. The number of likely N-dealkylation sites (tertiary alicyclic amines) is 1. The Morgan fingerprint density at radius 2 is 1.95 bits per heavy atom. The van der Waals surface area contributed by atoms with Gasteiger partial charge in [-0.25, -0.2) is 4.79 Å². The third-order valence-electron chi connectivity index (χ3n) is 4.56. The van der Waals surface area contributed by atoms with Gasteiger partial charge in [-0.05, 0) is 51.9 Å². The van der Waals surface area contributed by atoms with Crippen LogP contribution in [0.2, 0.25) is 0 Å².